The van der Waals surface area contributed by atoms with Crippen LogP contribution in [0.1, 0.15) is 41.6 Å². The number of sulfonamides is 1. The van der Waals surface area contributed by atoms with E-state index in [4.69, 9.17) is 11.6 Å². The smallest absolute Gasteiger partial charge is 0.321 e. The summed E-state index contributed by atoms with van der Waals surface area (Å²) in [6.45, 7) is 1.43. The van der Waals surface area contributed by atoms with Crippen molar-refractivity contribution >= 4 is 44.8 Å². The number of carbonyl (C=O) groups is 2. The zero-order valence-electron chi connectivity index (χ0n) is 19.0. The van der Waals surface area contributed by atoms with Crippen molar-refractivity contribution in [3.05, 3.63) is 88.9 Å². The van der Waals surface area contributed by atoms with Gasteiger partial charge in [0.05, 0.1) is 10.6 Å². The van der Waals surface area contributed by atoms with E-state index in [1.165, 1.54) is 30.3 Å². The lowest BCUT2D eigenvalue weighted by Gasteiger charge is -2.20. The number of amides is 2. The first kappa shape index (κ1) is 24.8. The Morgan fingerprint density at radius 2 is 1.49 bits per heavy atom. The fraction of sp³-hybridized carbons (Fsp3) is 0.231. The van der Waals surface area contributed by atoms with Crippen molar-refractivity contribution in [1.82, 2.24) is 4.90 Å². The fourth-order valence-electron chi connectivity index (χ4n) is 3.94. The molecule has 1 saturated heterocycles. The van der Waals surface area contributed by atoms with Gasteiger partial charge in [-0.3, -0.25) is 9.52 Å². The molecule has 2 N–H and O–H groups in total. The van der Waals surface area contributed by atoms with Gasteiger partial charge in [-0.2, -0.15) is 0 Å². The minimum Gasteiger partial charge on any atom is -0.325 e. The van der Waals surface area contributed by atoms with Crippen LogP contribution in [0.25, 0.3) is 0 Å². The molecule has 0 aliphatic carbocycles. The molecule has 0 atom stereocenters. The van der Waals surface area contributed by atoms with Crippen LogP contribution in [0.15, 0.2) is 77.7 Å². The number of nitrogens with zero attached hydrogens (tertiary/aromatic N) is 1. The number of hydrogen-bond donors (Lipinski definition) is 2. The van der Waals surface area contributed by atoms with Crippen molar-refractivity contribution in [2.24, 2.45) is 0 Å². The number of ketones is 1. The van der Waals surface area contributed by atoms with Gasteiger partial charge in [-0.05, 0) is 55.3 Å². The van der Waals surface area contributed by atoms with Crippen molar-refractivity contribution in [3.63, 3.8) is 0 Å². The van der Waals surface area contributed by atoms with E-state index in [0.29, 0.717) is 29.4 Å². The molecule has 3 aromatic carbocycles. The van der Waals surface area contributed by atoms with E-state index in [9.17, 15) is 18.0 Å². The van der Waals surface area contributed by atoms with E-state index in [1.807, 2.05) is 0 Å². The molecule has 0 radical (unpaired) electrons. The predicted molar refractivity (Wildman–Crippen MR) is 138 cm³/mol. The Hall–Kier alpha value is -3.36. The van der Waals surface area contributed by atoms with Crippen LogP contribution in [0.4, 0.5) is 16.2 Å². The minimum atomic E-state index is -4.00. The third-order valence-corrected chi connectivity index (χ3v) is 7.43. The molecule has 7 nitrogen and oxygen atoms in total. The number of anilines is 2. The lowest BCUT2D eigenvalue weighted by molar-refractivity contribution is 0.103. The maximum atomic E-state index is 13.1. The van der Waals surface area contributed by atoms with Gasteiger partial charge in [0, 0.05) is 34.9 Å². The second-order valence-electron chi connectivity index (χ2n) is 8.35. The number of rotatable bonds is 6. The van der Waals surface area contributed by atoms with E-state index in [0.717, 1.165) is 25.7 Å². The van der Waals surface area contributed by atoms with Gasteiger partial charge in [0.2, 0.25) is 0 Å². The monoisotopic (exact) mass is 511 g/mol. The average Bonchev–Trinajstić information content (AvgIpc) is 3.15. The van der Waals surface area contributed by atoms with Crippen LogP contribution in [0, 0.1) is 0 Å². The maximum Gasteiger partial charge on any atom is 0.321 e. The highest BCUT2D eigenvalue weighted by molar-refractivity contribution is 7.92. The van der Waals surface area contributed by atoms with E-state index in [-0.39, 0.29) is 28.0 Å². The summed E-state index contributed by atoms with van der Waals surface area (Å²) in [6.07, 6.45) is 4.21. The summed E-state index contributed by atoms with van der Waals surface area (Å²) in [5, 5.41) is 3.15. The number of halogens is 1. The summed E-state index contributed by atoms with van der Waals surface area (Å²) < 4.78 is 28.6. The Kier molecular flexibility index (Phi) is 7.73. The van der Waals surface area contributed by atoms with Crippen molar-refractivity contribution < 1.29 is 18.0 Å². The number of nitrogens with one attached hydrogen (secondary N) is 2. The van der Waals surface area contributed by atoms with Gasteiger partial charge < -0.3 is 10.2 Å². The van der Waals surface area contributed by atoms with Crippen molar-refractivity contribution in [1.29, 1.82) is 0 Å². The van der Waals surface area contributed by atoms with E-state index in [1.54, 1.807) is 47.4 Å². The molecule has 2 amide bonds. The second kappa shape index (κ2) is 10.9. The molecule has 0 saturated carbocycles. The first-order chi connectivity index (χ1) is 16.8. The third-order valence-electron chi connectivity index (χ3n) is 5.82. The highest BCUT2D eigenvalue weighted by atomic mass is 35.5. The number of carbonyl (C=O) groups excluding carboxylic acids is 2. The summed E-state index contributed by atoms with van der Waals surface area (Å²) in [6, 6.07) is 18.7. The molecule has 0 aromatic heterocycles. The number of benzene rings is 3. The zero-order valence-corrected chi connectivity index (χ0v) is 20.6. The van der Waals surface area contributed by atoms with Crippen molar-refractivity contribution in [2.45, 2.75) is 30.6 Å². The van der Waals surface area contributed by atoms with Gasteiger partial charge in [-0.25, -0.2) is 13.2 Å². The molecular formula is C26H26ClN3O4S. The Morgan fingerprint density at radius 1 is 0.829 bits per heavy atom. The van der Waals surface area contributed by atoms with Crippen LogP contribution >= 0.6 is 11.6 Å². The van der Waals surface area contributed by atoms with Gasteiger partial charge in [0.25, 0.3) is 10.0 Å². The Morgan fingerprint density at radius 3 is 2.14 bits per heavy atom. The highest BCUT2D eigenvalue weighted by Crippen LogP contribution is 2.26. The normalized spacial score (nSPS) is 14.1. The average molecular weight is 512 g/mol. The van der Waals surface area contributed by atoms with Gasteiger partial charge in [-0.1, -0.05) is 54.8 Å². The Balaban J connectivity index is 1.51. The minimum absolute atomic E-state index is 0.00154. The number of urea groups is 1. The fourth-order valence-corrected chi connectivity index (χ4v) is 5.19. The molecule has 4 rings (SSSR count). The van der Waals surface area contributed by atoms with Gasteiger partial charge in [0.15, 0.2) is 5.78 Å². The molecule has 1 fully saturated rings. The molecule has 1 heterocycles. The topological polar surface area (TPSA) is 95.6 Å². The van der Waals surface area contributed by atoms with Crippen LogP contribution in [0.2, 0.25) is 5.02 Å². The summed E-state index contributed by atoms with van der Waals surface area (Å²) in [7, 11) is -4.00. The van der Waals surface area contributed by atoms with Crippen molar-refractivity contribution in [3.8, 4) is 0 Å². The molecule has 0 spiro atoms. The summed E-state index contributed by atoms with van der Waals surface area (Å²) >= 11 is 6.09. The molecule has 0 unspecified atom stereocenters. The molecular weight excluding hydrogens is 486 g/mol. The summed E-state index contributed by atoms with van der Waals surface area (Å²) in [5.41, 5.74) is 1.19. The number of likely N-dealkylation sites (tertiary alicyclic amines) is 1. The van der Waals surface area contributed by atoms with Crippen LogP contribution in [-0.4, -0.2) is 38.2 Å². The molecule has 0 bridgehead atoms. The molecule has 182 valence electrons. The molecule has 9 heteroatoms. The van der Waals surface area contributed by atoms with E-state index >= 15 is 0 Å². The van der Waals surface area contributed by atoms with Gasteiger partial charge >= 0.3 is 6.03 Å². The quantitative estimate of drug-likeness (QED) is 0.410. The summed E-state index contributed by atoms with van der Waals surface area (Å²) in [5.74, 6) is -0.350. The highest BCUT2D eigenvalue weighted by Gasteiger charge is 2.21. The van der Waals surface area contributed by atoms with Crippen LogP contribution < -0.4 is 10.0 Å². The second-order valence-corrected chi connectivity index (χ2v) is 10.5. The van der Waals surface area contributed by atoms with Crippen LogP contribution in [0.5, 0.6) is 0 Å². The standard InChI is InChI=1S/C26H26ClN3O4S/c27-20-10-15-24(23(18-20)25(31)19-8-4-3-5-9-19)29-35(33,34)22-13-11-21(12-14-22)28-26(32)30-16-6-1-2-7-17-30/h3-5,8-15,18,29H,1-2,6-7,16-17H2,(H,28,32). The van der Waals surface area contributed by atoms with E-state index in [2.05, 4.69) is 10.0 Å². The lowest BCUT2D eigenvalue weighted by Crippen LogP contribution is -2.35. The predicted octanol–water partition coefficient (Wildman–Crippen LogP) is 5.78. The van der Waals surface area contributed by atoms with E-state index < -0.39 is 10.0 Å². The molecule has 1 aliphatic rings. The Bertz CT molecular complexity index is 1300. The first-order valence-electron chi connectivity index (χ1n) is 11.4. The number of hydrogen-bond acceptors (Lipinski definition) is 4. The Labute approximate surface area is 210 Å². The molecule has 1 aliphatic heterocycles. The maximum absolute atomic E-state index is 13.1. The summed E-state index contributed by atoms with van der Waals surface area (Å²) in [4.78, 5) is 27.3. The largest absolute Gasteiger partial charge is 0.325 e. The van der Waals surface area contributed by atoms with Crippen molar-refractivity contribution in [2.75, 3.05) is 23.1 Å². The van der Waals surface area contributed by atoms with Crippen LogP contribution in [-0.2, 0) is 10.0 Å². The van der Waals surface area contributed by atoms with Crippen LogP contribution in [0.3, 0.4) is 0 Å². The molecule has 35 heavy (non-hydrogen) atoms. The first-order valence-corrected chi connectivity index (χ1v) is 13.3. The third kappa shape index (κ3) is 6.21. The van der Waals surface area contributed by atoms with Gasteiger partial charge in [-0.15, -0.1) is 0 Å². The molecule has 3 aromatic rings. The lowest BCUT2D eigenvalue weighted by atomic mass is 10.0. The SMILES string of the molecule is O=C(c1ccccc1)c1cc(Cl)ccc1NS(=O)(=O)c1ccc(NC(=O)N2CCCCCC2)cc1. The zero-order chi connectivity index (χ0) is 24.8. The van der Waals surface area contributed by atoms with Gasteiger partial charge in [0.1, 0.15) is 0 Å².